The Labute approximate surface area is 115 Å². The molecular formula is C15H22N4. The highest BCUT2D eigenvalue weighted by Crippen LogP contribution is 2.14. The summed E-state index contributed by atoms with van der Waals surface area (Å²) in [5, 5.41) is 3.34. The molecule has 1 N–H and O–H groups in total. The predicted octanol–water partition coefficient (Wildman–Crippen LogP) is 2.97. The quantitative estimate of drug-likeness (QED) is 0.775. The Morgan fingerprint density at radius 1 is 1.16 bits per heavy atom. The highest BCUT2D eigenvalue weighted by molar-refractivity contribution is 5.52. The molecule has 1 aromatic heterocycles. The highest BCUT2D eigenvalue weighted by atomic mass is 15.2. The van der Waals surface area contributed by atoms with E-state index >= 15 is 0 Å². The predicted molar refractivity (Wildman–Crippen MR) is 79.7 cm³/mol. The van der Waals surface area contributed by atoms with Gasteiger partial charge in [0.25, 0.3) is 0 Å². The lowest BCUT2D eigenvalue weighted by molar-refractivity contribution is 0.388. The van der Waals surface area contributed by atoms with E-state index in [1.165, 1.54) is 6.42 Å². The number of nitrogens with one attached hydrogen (secondary N) is 1. The second-order valence-electron chi connectivity index (χ2n) is 4.95. The molecule has 0 saturated heterocycles. The van der Waals surface area contributed by atoms with Crippen LogP contribution >= 0.6 is 0 Å². The summed E-state index contributed by atoms with van der Waals surface area (Å²) in [7, 11) is 4.22. The number of benzene rings is 1. The van der Waals surface area contributed by atoms with Gasteiger partial charge >= 0.3 is 0 Å². The minimum atomic E-state index is 0.913. The van der Waals surface area contributed by atoms with E-state index in [9.17, 15) is 0 Å². The second-order valence-corrected chi connectivity index (χ2v) is 4.95. The number of nitrogens with zero attached hydrogens (tertiary/aromatic N) is 3. The second kappa shape index (κ2) is 6.95. The average molecular weight is 258 g/mol. The van der Waals surface area contributed by atoms with Gasteiger partial charge in [-0.1, -0.05) is 18.2 Å². The fraction of sp³-hybridized carbons (Fsp3) is 0.400. The Morgan fingerprint density at radius 2 is 1.95 bits per heavy atom. The summed E-state index contributed by atoms with van der Waals surface area (Å²) in [5.41, 5.74) is 1.07. The van der Waals surface area contributed by atoms with E-state index in [0.717, 1.165) is 31.1 Å². The Morgan fingerprint density at radius 3 is 2.68 bits per heavy atom. The number of unbranched alkanes of at least 4 members (excludes halogenated alkanes) is 1. The van der Waals surface area contributed by atoms with Crippen LogP contribution in [0.4, 0.5) is 11.6 Å². The van der Waals surface area contributed by atoms with E-state index < -0.39 is 0 Å². The summed E-state index contributed by atoms with van der Waals surface area (Å²) < 4.78 is 2.17. The van der Waals surface area contributed by atoms with Crippen LogP contribution in [0, 0.1) is 0 Å². The molecule has 0 saturated carbocycles. The molecule has 0 amide bonds. The molecule has 2 aromatic rings. The lowest BCUT2D eigenvalue weighted by atomic mass is 10.3. The van der Waals surface area contributed by atoms with Crippen molar-refractivity contribution in [3.63, 3.8) is 0 Å². The Hall–Kier alpha value is -1.81. The lowest BCUT2D eigenvalue weighted by Gasteiger charge is -2.11. The topological polar surface area (TPSA) is 33.1 Å². The fourth-order valence-corrected chi connectivity index (χ4v) is 1.97. The standard InChI is InChI=1S/C15H22N4/c1-18(2)11-6-7-12-19-13-10-16-15(19)17-14-8-4-3-5-9-14/h3-5,8-10,13H,6-7,11-12H2,1-2H3,(H,16,17). The molecule has 0 aliphatic rings. The molecule has 1 heterocycles. The van der Waals surface area contributed by atoms with Crippen LogP contribution in [-0.2, 0) is 6.54 Å². The van der Waals surface area contributed by atoms with Gasteiger partial charge in [0.1, 0.15) is 0 Å². The average Bonchev–Trinajstić information content (AvgIpc) is 2.83. The van der Waals surface area contributed by atoms with Crippen molar-refractivity contribution in [3.8, 4) is 0 Å². The number of imidazole rings is 1. The van der Waals surface area contributed by atoms with E-state index in [1.54, 1.807) is 0 Å². The number of hydrogen-bond acceptors (Lipinski definition) is 3. The zero-order valence-electron chi connectivity index (χ0n) is 11.7. The zero-order chi connectivity index (χ0) is 13.5. The van der Waals surface area contributed by atoms with Gasteiger partial charge < -0.3 is 14.8 Å². The van der Waals surface area contributed by atoms with Crippen molar-refractivity contribution in [2.75, 3.05) is 26.0 Å². The minimum absolute atomic E-state index is 0.913. The van der Waals surface area contributed by atoms with E-state index in [2.05, 4.69) is 33.9 Å². The summed E-state index contributed by atoms with van der Waals surface area (Å²) in [4.78, 5) is 6.59. The molecule has 4 heteroatoms. The number of para-hydroxylation sites is 1. The smallest absolute Gasteiger partial charge is 0.207 e. The largest absolute Gasteiger partial charge is 0.326 e. The Balaban J connectivity index is 1.87. The Kier molecular flexibility index (Phi) is 4.98. The first-order valence-electron chi connectivity index (χ1n) is 6.73. The van der Waals surface area contributed by atoms with Crippen molar-refractivity contribution in [2.24, 2.45) is 0 Å². The van der Waals surface area contributed by atoms with Crippen LogP contribution in [0.2, 0.25) is 0 Å². The third kappa shape index (κ3) is 4.41. The number of hydrogen-bond donors (Lipinski definition) is 1. The van der Waals surface area contributed by atoms with E-state index in [-0.39, 0.29) is 0 Å². The SMILES string of the molecule is CN(C)CCCCn1ccnc1Nc1ccccc1. The summed E-state index contributed by atoms with van der Waals surface area (Å²) in [5.74, 6) is 0.913. The molecule has 0 radical (unpaired) electrons. The molecule has 0 bridgehead atoms. The maximum atomic E-state index is 4.37. The summed E-state index contributed by atoms with van der Waals surface area (Å²) in [6, 6.07) is 10.1. The van der Waals surface area contributed by atoms with E-state index in [4.69, 9.17) is 0 Å². The fourth-order valence-electron chi connectivity index (χ4n) is 1.97. The van der Waals surface area contributed by atoms with Crippen LogP contribution in [0.5, 0.6) is 0 Å². The third-order valence-electron chi connectivity index (χ3n) is 3.00. The van der Waals surface area contributed by atoms with Gasteiger partial charge in [-0.05, 0) is 45.6 Å². The van der Waals surface area contributed by atoms with E-state index in [1.807, 2.05) is 42.7 Å². The van der Waals surface area contributed by atoms with Crippen LogP contribution in [-0.4, -0.2) is 35.1 Å². The van der Waals surface area contributed by atoms with Gasteiger partial charge in [0.15, 0.2) is 0 Å². The molecule has 2 rings (SSSR count). The molecule has 0 aliphatic heterocycles. The number of aryl methyl sites for hydroxylation is 1. The molecule has 4 nitrogen and oxygen atoms in total. The molecule has 0 fully saturated rings. The molecule has 0 unspecified atom stereocenters. The summed E-state index contributed by atoms with van der Waals surface area (Å²) >= 11 is 0. The molecule has 102 valence electrons. The monoisotopic (exact) mass is 258 g/mol. The van der Waals surface area contributed by atoms with Gasteiger partial charge in [-0.25, -0.2) is 4.98 Å². The lowest BCUT2D eigenvalue weighted by Crippen LogP contribution is -2.13. The first-order chi connectivity index (χ1) is 9.25. The van der Waals surface area contributed by atoms with Crippen molar-refractivity contribution in [1.82, 2.24) is 14.5 Å². The van der Waals surface area contributed by atoms with Gasteiger partial charge in [-0.3, -0.25) is 0 Å². The van der Waals surface area contributed by atoms with Gasteiger partial charge in [0.2, 0.25) is 5.95 Å². The summed E-state index contributed by atoms with van der Waals surface area (Å²) in [6.07, 6.45) is 6.24. The molecule has 19 heavy (non-hydrogen) atoms. The number of aromatic nitrogens is 2. The molecular weight excluding hydrogens is 236 g/mol. The van der Waals surface area contributed by atoms with Crippen molar-refractivity contribution in [2.45, 2.75) is 19.4 Å². The highest BCUT2D eigenvalue weighted by Gasteiger charge is 2.02. The minimum Gasteiger partial charge on any atom is -0.326 e. The van der Waals surface area contributed by atoms with Gasteiger partial charge in [0.05, 0.1) is 0 Å². The van der Waals surface area contributed by atoms with Crippen LogP contribution in [0.15, 0.2) is 42.7 Å². The maximum absolute atomic E-state index is 4.37. The van der Waals surface area contributed by atoms with Crippen molar-refractivity contribution < 1.29 is 0 Å². The van der Waals surface area contributed by atoms with Crippen LogP contribution in [0.1, 0.15) is 12.8 Å². The van der Waals surface area contributed by atoms with Crippen LogP contribution in [0.25, 0.3) is 0 Å². The summed E-state index contributed by atoms with van der Waals surface area (Å²) in [6.45, 7) is 2.14. The van der Waals surface area contributed by atoms with Crippen LogP contribution < -0.4 is 5.32 Å². The molecule has 0 atom stereocenters. The third-order valence-corrected chi connectivity index (χ3v) is 3.00. The van der Waals surface area contributed by atoms with Gasteiger partial charge in [0, 0.05) is 24.6 Å². The van der Waals surface area contributed by atoms with E-state index in [0.29, 0.717) is 0 Å². The van der Waals surface area contributed by atoms with Crippen molar-refractivity contribution in [3.05, 3.63) is 42.7 Å². The number of anilines is 2. The molecule has 1 aromatic carbocycles. The number of rotatable bonds is 7. The van der Waals surface area contributed by atoms with Crippen LogP contribution in [0.3, 0.4) is 0 Å². The first kappa shape index (κ1) is 13.6. The van der Waals surface area contributed by atoms with Crippen molar-refractivity contribution >= 4 is 11.6 Å². The molecule has 0 spiro atoms. The van der Waals surface area contributed by atoms with Crippen molar-refractivity contribution in [1.29, 1.82) is 0 Å². The Bertz CT molecular complexity index is 476. The normalized spacial score (nSPS) is 10.9. The molecule has 0 aliphatic carbocycles. The van der Waals surface area contributed by atoms with Gasteiger partial charge in [-0.2, -0.15) is 0 Å². The first-order valence-corrected chi connectivity index (χ1v) is 6.73. The van der Waals surface area contributed by atoms with Gasteiger partial charge in [-0.15, -0.1) is 0 Å². The maximum Gasteiger partial charge on any atom is 0.207 e. The zero-order valence-corrected chi connectivity index (χ0v) is 11.7.